The zero-order valence-electron chi connectivity index (χ0n) is 11.3. The van der Waals surface area contributed by atoms with E-state index >= 15 is 0 Å². The maximum Gasteiger partial charge on any atom is 0.409 e. The summed E-state index contributed by atoms with van der Waals surface area (Å²) in [6.07, 6.45) is -1.15. The van der Waals surface area contributed by atoms with Gasteiger partial charge in [0.25, 0.3) is 0 Å². The van der Waals surface area contributed by atoms with E-state index in [4.69, 9.17) is 14.4 Å². The highest BCUT2D eigenvalue weighted by Gasteiger charge is 2.17. The van der Waals surface area contributed by atoms with E-state index in [1.165, 1.54) is 0 Å². The maximum atomic E-state index is 10.8. The van der Waals surface area contributed by atoms with Gasteiger partial charge in [-0.25, -0.2) is 4.79 Å². The third kappa shape index (κ3) is 3.16. The fourth-order valence-corrected chi connectivity index (χ4v) is 1.84. The molecule has 0 saturated heterocycles. The number of carbonyl (C=O) groups is 1. The Hall–Kier alpha value is -2.34. The molecule has 1 heterocycles. The number of benzene rings is 1. The lowest BCUT2D eigenvalue weighted by atomic mass is 10.1. The summed E-state index contributed by atoms with van der Waals surface area (Å²) in [6.45, 7) is 4.75. The fraction of sp³-hybridized carbons (Fsp3) is 0.286. The highest BCUT2D eigenvalue weighted by molar-refractivity contribution is 5.89. The van der Waals surface area contributed by atoms with Gasteiger partial charge in [0, 0.05) is 12.2 Å². The number of hydrogen-bond acceptors (Lipinski definition) is 4. The van der Waals surface area contributed by atoms with Gasteiger partial charge < -0.3 is 14.4 Å². The SMILES string of the molecule is CCOCc1cccc(-c2onc(C)c2NC(=O)O)c1. The van der Waals surface area contributed by atoms with E-state index in [9.17, 15) is 4.79 Å². The molecular formula is C14H16N2O4. The fourth-order valence-electron chi connectivity index (χ4n) is 1.84. The van der Waals surface area contributed by atoms with Crippen molar-refractivity contribution in [3.05, 3.63) is 35.5 Å². The lowest BCUT2D eigenvalue weighted by Gasteiger charge is -2.05. The summed E-state index contributed by atoms with van der Waals surface area (Å²) in [6, 6.07) is 7.53. The first kappa shape index (κ1) is 14.1. The quantitative estimate of drug-likeness (QED) is 0.875. The van der Waals surface area contributed by atoms with E-state index in [0.717, 1.165) is 11.1 Å². The van der Waals surface area contributed by atoms with Crippen LogP contribution in [0.3, 0.4) is 0 Å². The Morgan fingerprint density at radius 1 is 1.50 bits per heavy atom. The van der Waals surface area contributed by atoms with Crippen LogP contribution in [0.4, 0.5) is 10.5 Å². The molecule has 0 fully saturated rings. The average Bonchev–Trinajstić information content (AvgIpc) is 2.78. The molecule has 0 atom stereocenters. The van der Waals surface area contributed by atoms with Gasteiger partial charge in [-0.15, -0.1) is 0 Å². The molecule has 0 radical (unpaired) electrons. The molecule has 0 aliphatic heterocycles. The molecule has 0 unspecified atom stereocenters. The Kier molecular flexibility index (Phi) is 4.37. The third-order valence-corrected chi connectivity index (χ3v) is 2.76. The average molecular weight is 276 g/mol. The van der Waals surface area contributed by atoms with Crippen molar-refractivity contribution < 1.29 is 19.2 Å². The smallest absolute Gasteiger partial charge is 0.409 e. The van der Waals surface area contributed by atoms with Crippen molar-refractivity contribution in [3.8, 4) is 11.3 Å². The molecule has 2 rings (SSSR count). The first-order valence-corrected chi connectivity index (χ1v) is 6.25. The summed E-state index contributed by atoms with van der Waals surface area (Å²) in [5, 5.41) is 15.0. The molecule has 0 aliphatic rings. The second-order valence-corrected chi connectivity index (χ2v) is 4.24. The lowest BCUT2D eigenvalue weighted by molar-refractivity contribution is 0.134. The summed E-state index contributed by atoms with van der Waals surface area (Å²) in [5.41, 5.74) is 2.61. The maximum absolute atomic E-state index is 10.8. The number of ether oxygens (including phenoxy) is 1. The van der Waals surface area contributed by atoms with Crippen molar-refractivity contribution in [1.29, 1.82) is 0 Å². The standard InChI is InChI=1S/C14H16N2O4/c1-3-19-8-10-5-4-6-11(7-10)13-12(15-14(17)18)9(2)16-20-13/h4-7,15H,3,8H2,1-2H3,(H,17,18). The number of hydrogen-bond donors (Lipinski definition) is 2. The van der Waals surface area contributed by atoms with Gasteiger partial charge in [0.05, 0.1) is 6.61 Å². The van der Waals surface area contributed by atoms with Crippen LogP contribution in [0.2, 0.25) is 0 Å². The zero-order valence-corrected chi connectivity index (χ0v) is 11.3. The van der Waals surface area contributed by atoms with E-state index in [2.05, 4.69) is 10.5 Å². The number of nitrogens with one attached hydrogen (secondary N) is 1. The van der Waals surface area contributed by atoms with Crippen molar-refractivity contribution >= 4 is 11.8 Å². The molecule has 1 amide bonds. The van der Waals surface area contributed by atoms with Gasteiger partial charge in [0.2, 0.25) is 0 Å². The predicted molar refractivity (Wildman–Crippen MR) is 73.7 cm³/mol. The van der Waals surface area contributed by atoms with Crippen LogP contribution in [-0.4, -0.2) is 23.0 Å². The van der Waals surface area contributed by atoms with Gasteiger partial charge in [-0.05, 0) is 25.5 Å². The molecule has 0 saturated carbocycles. The van der Waals surface area contributed by atoms with Crippen LogP contribution >= 0.6 is 0 Å². The largest absolute Gasteiger partial charge is 0.465 e. The van der Waals surface area contributed by atoms with Crippen molar-refractivity contribution in [2.24, 2.45) is 0 Å². The molecule has 20 heavy (non-hydrogen) atoms. The Bertz CT molecular complexity index is 607. The normalized spacial score (nSPS) is 10.5. The van der Waals surface area contributed by atoms with Gasteiger partial charge in [0.15, 0.2) is 5.76 Å². The van der Waals surface area contributed by atoms with Crippen LogP contribution in [0, 0.1) is 6.92 Å². The van der Waals surface area contributed by atoms with E-state index in [1.54, 1.807) is 6.92 Å². The second kappa shape index (κ2) is 6.21. The second-order valence-electron chi connectivity index (χ2n) is 4.24. The van der Waals surface area contributed by atoms with Crippen molar-refractivity contribution in [2.75, 3.05) is 11.9 Å². The predicted octanol–water partition coefficient (Wildman–Crippen LogP) is 3.28. The molecule has 2 N–H and O–H groups in total. The topological polar surface area (TPSA) is 84.6 Å². The van der Waals surface area contributed by atoms with Crippen molar-refractivity contribution in [3.63, 3.8) is 0 Å². The first-order chi connectivity index (χ1) is 9.61. The Labute approximate surface area is 116 Å². The van der Waals surface area contributed by atoms with Crippen LogP contribution in [0.5, 0.6) is 0 Å². The molecule has 1 aromatic carbocycles. The summed E-state index contributed by atoms with van der Waals surface area (Å²) < 4.78 is 10.6. The number of anilines is 1. The number of amides is 1. The minimum Gasteiger partial charge on any atom is -0.465 e. The van der Waals surface area contributed by atoms with Crippen LogP contribution in [-0.2, 0) is 11.3 Å². The number of rotatable bonds is 5. The van der Waals surface area contributed by atoms with Gasteiger partial charge in [-0.2, -0.15) is 0 Å². The highest BCUT2D eigenvalue weighted by atomic mass is 16.5. The summed E-state index contributed by atoms with van der Waals surface area (Å²) in [5.74, 6) is 0.406. The van der Waals surface area contributed by atoms with E-state index in [-0.39, 0.29) is 0 Å². The van der Waals surface area contributed by atoms with Crippen molar-refractivity contribution in [2.45, 2.75) is 20.5 Å². The van der Waals surface area contributed by atoms with E-state index in [1.807, 2.05) is 31.2 Å². The lowest BCUT2D eigenvalue weighted by Crippen LogP contribution is -2.08. The van der Waals surface area contributed by atoms with Crippen LogP contribution in [0.1, 0.15) is 18.2 Å². The molecule has 0 bridgehead atoms. The van der Waals surface area contributed by atoms with Gasteiger partial charge in [-0.3, -0.25) is 5.32 Å². The number of carboxylic acid groups (broad SMARTS) is 1. The molecule has 1 aromatic heterocycles. The number of aromatic nitrogens is 1. The third-order valence-electron chi connectivity index (χ3n) is 2.76. The monoisotopic (exact) mass is 276 g/mol. The summed E-state index contributed by atoms with van der Waals surface area (Å²) in [4.78, 5) is 10.8. The number of aryl methyl sites for hydroxylation is 1. The van der Waals surface area contributed by atoms with Gasteiger partial charge in [-0.1, -0.05) is 23.4 Å². The molecular weight excluding hydrogens is 260 g/mol. The van der Waals surface area contributed by atoms with E-state index < -0.39 is 6.09 Å². The minimum absolute atomic E-state index is 0.367. The Balaban J connectivity index is 2.33. The van der Waals surface area contributed by atoms with E-state index in [0.29, 0.717) is 30.4 Å². The molecule has 6 nitrogen and oxygen atoms in total. The summed E-state index contributed by atoms with van der Waals surface area (Å²) in [7, 11) is 0. The molecule has 106 valence electrons. The van der Waals surface area contributed by atoms with Crippen LogP contribution in [0.25, 0.3) is 11.3 Å². The molecule has 0 spiro atoms. The Morgan fingerprint density at radius 2 is 2.30 bits per heavy atom. The minimum atomic E-state index is -1.15. The van der Waals surface area contributed by atoms with Gasteiger partial charge >= 0.3 is 6.09 Å². The summed E-state index contributed by atoms with van der Waals surface area (Å²) >= 11 is 0. The molecule has 6 heteroatoms. The van der Waals surface area contributed by atoms with Gasteiger partial charge in [0.1, 0.15) is 11.4 Å². The van der Waals surface area contributed by atoms with Crippen LogP contribution in [0.15, 0.2) is 28.8 Å². The van der Waals surface area contributed by atoms with Crippen LogP contribution < -0.4 is 5.32 Å². The highest BCUT2D eigenvalue weighted by Crippen LogP contribution is 2.31. The molecule has 0 aliphatic carbocycles. The zero-order chi connectivity index (χ0) is 14.5. The molecule has 2 aromatic rings. The number of nitrogens with zero attached hydrogens (tertiary/aromatic N) is 1. The van der Waals surface area contributed by atoms with Crippen molar-refractivity contribution in [1.82, 2.24) is 5.16 Å². The Morgan fingerprint density at radius 3 is 3.00 bits per heavy atom. The first-order valence-electron chi connectivity index (χ1n) is 6.25.